The quantitative estimate of drug-likeness (QED) is 0.760. The molecule has 5 heteroatoms. The molecule has 118 valence electrons. The zero-order chi connectivity index (χ0) is 16.1. The Morgan fingerprint density at radius 2 is 1.78 bits per heavy atom. The van der Waals surface area contributed by atoms with Crippen molar-refractivity contribution >= 4 is 0 Å². The van der Waals surface area contributed by atoms with Crippen molar-refractivity contribution in [3.8, 4) is 11.4 Å². The molecule has 0 aliphatic carbocycles. The van der Waals surface area contributed by atoms with E-state index in [0.717, 1.165) is 23.6 Å². The summed E-state index contributed by atoms with van der Waals surface area (Å²) in [5, 5.41) is 17.7. The Hall–Kier alpha value is -2.66. The van der Waals surface area contributed by atoms with Gasteiger partial charge in [0, 0.05) is 0 Å². The van der Waals surface area contributed by atoms with Crippen LogP contribution in [0.5, 0.6) is 5.75 Å². The van der Waals surface area contributed by atoms with Gasteiger partial charge >= 0.3 is 0 Å². The van der Waals surface area contributed by atoms with Crippen LogP contribution in [0.3, 0.4) is 0 Å². The van der Waals surface area contributed by atoms with E-state index in [2.05, 4.69) is 29.4 Å². The highest BCUT2D eigenvalue weighted by atomic mass is 16.5. The third-order valence-corrected chi connectivity index (χ3v) is 3.70. The fourth-order valence-electron chi connectivity index (χ4n) is 2.35. The van der Waals surface area contributed by atoms with Crippen molar-refractivity contribution in [2.75, 3.05) is 0 Å². The van der Waals surface area contributed by atoms with Crippen LogP contribution in [0, 0.1) is 0 Å². The van der Waals surface area contributed by atoms with E-state index in [1.807, 2.05) is 42.5 Å². The molecule has 1 N–H and O–H groups in total. The second kappa shape index (κ2) is 7.07. The lowest BCUT2D eigenvalue weighted by molar-refractivity contribution is 0.263. The van der Waals surface area contributed by atoms with E-state index in [1.165, 1.54) is 5.56 Å². The minimum absolute atomic E-state index is 0.166. The first kappa shape index (κ1) is 15.2. The van der Waals surface area contributed by atoms with Crippen LogP contribution in [-0.2, 0) is 19.6 Å². The lowest BCUT2D eigenvalue weighted by atomic mass is 10.1. The lowest BCUT2D eigenvalue weighted by Gasteiger charge is -2.10. The van der Waals surface area contributed by atoms with Crippen molar-refractivity contribution in [1.29, 1.82) is 0 Å². The van der Waals surface area contributed by atoms with Gasteiger partial charge in [-0.15, -0.1) is 5.10 Å². The van der Waals surface area contributed by atoms with Crippen molar-refractivity contribution in [2.45, 2.75) is 26.6 Å². The molecule has 2 aromatic carbocycles. The summed E-state index contributed by atoms with van der Waals surface area (Å²) in [6.07, 6.45) is 0.990. The van der Waals surface area contributed by atoms with Gasteiger partial charge in [0.15, 0.2) is 0 Å². The Balaban J connectivity index is 1.87. The molecular weight excluding hydrogens is 290 g/mol. The minimum atomic E-state index is -0.166. The van der Waals surface area contributed by atoms with Gasteiger partial charge in [-0.3, -0.25) is 0 Å². The molecule has 0 atom stereocenters. The van der Waals surface area contributed by atoms with Gasteiger partial charge in [-0.25, -0.2) is 4.68 Å². The van der Waals surface area contributed by atoms with Crippen molar-refractivity contribution < 1.29 is 9.84 Å². The fourth-order valence-corrected chi connectivity index (χ4v) is 2.35. The van der Waals surface area contributed by atoms with E-state index >= 15 is 0 Å². The predicted molar refractivity (Wildman–Crippen MR) is 87.4 cm³/mol. The van der Waals surface area contributed by atoms with Crippen LogP contribution in [0.1, 0.15) is 23.9 Å². The molecule has 0 aliphatic rings. The zero-order valence-electron chi connectivity index (χ0n) is 13.0. The highest BCUT2D eigenvalue weighted by Crippen LogP contribution is 2.17. The van der Waals surface area contributed by atoms with Crippen molar-refractivity contribution in [3.63, 3.8) is 0 Å². The number of aryl methyl sites for hydroxylation is 1. The maximum Gasteiger partial charge on any atom is 0.132 e. The van der Waals surface area contributed by atoms with Gasteiger partial charge in [-0.2, -0.15) is 0 Å². The summed E-state index contributed by atoms with van der Waals surface area (Å²) in [7, 11) is 0. The molecule has 23 heavy (non-hydrogen) atoms. The highest BCUT2D eigenvalue weighted by molar-refractivity contribution is 5.36. The van der Waals surface area contributed by atoms with Gasteiger partial charge in [-0.05, 0) is 36.2 Å². The van der Waals surface area contributed by atoms with E-state index in [1.54, 1.807) is 4.68 Å². The topological polar surface area (TPSA) is 60.2 Å². The number of aromatic nitrogens is 3. The molecule has 0 saturated heterocycles. The van der Waals surface area contributed by atoms with Gasteiger partial charge in [-0.1, -0.05) is 42.5 Å². The summed E-state index contributed by atoms with van der Waals surface area (Å²) in [6, 6.07) is 17.7. The predicted octanol–water partition coefficient (Wildman–Crippen LogP) is 2.90. The molecule has 0 unspecified atom stereocenters. The molecule has 1 aromatic heterocycles. The van der Waals surface area contributed by atoms with Gasteiger partial charge in [0.25, 0.3) is 0 Å². The van der Waals surface area contributed by atoms with Crippen LogP contribution < -0.4 is 4.74 Å². The van der Waals surface area contributed by atoms with Crippen LogP contribution in [0.4, 0.5) is 0 Å². The molecule has 0 fully saturated rings. The molecule has 1 heterocycles. The van der Waals surface area contributed by atoms with Crippen molar-refractivity contribution in [1.82, 2.24) is 15.0 Å². The summed E-state index contributed by atoms with van der Waals surface area (Å²) in [5.74, 6) is 0.769. The van der Waals surface area contributed by atoms with E-state index in [0.29, 0.717) is 12.3 Å². The molecule has 3 aromatic rings. The number of ether oxygens (including phenoxy) is 1. The summed E-state index contributed by atoms with van der Waals surface area (Å²) in [6.45, 7) is 2.25. The number of nitrogens with zero attached hydrogens (tertiary/aromatic N) is 3. The summed E-state index contributed by atoms with van der Waals surface area (Å²) >= 11 is 0. The van der Waals surface area contributed by atoms with Crippen LogP contribution in [0.25, 0.3) is 5.69 Å². The second-order valence-corrected chi connectivity index (χ2v) is 5.17. The third-order valence-electron chi connectivity index (χ3n) is 3.70. The van der Waals surface area contributed by atoms with Crippen molar-refractivity contribution in [2.24, 2.45) is 0 Å². The standard InChI is InChI=1S/C18H19N3O2/c1-2-14-8-10-15(11-9-14)21-18(17(12-22)19-20-21)13-23-16-6-4-3-5-7-16/h3-11,22H,2,12-13H2,1H3. The SMILES string of the molecule is CCc1ccc(-n2nnc(CO)c2COc2ccccc2)cc1. The Morgan fingerprint density at radius 1 is 1.04 bits per heavy atom. The first-order valence-electron chi connectivity index (χ1n) is 7.63. The second-order valence-electron chi connectivity index (χ2n) is 5.17. The zero-order valence-corrected chi connectivity index (χ0v) is 13.0. The molecule has 0 radical (unpaired) electrons. The Kier molecular flexibility index (Phi) is 4.68. The number of aliphatic hydroxyl groups is 1. The first-order chi connectivity index (χ1) is 11.3. The van der Waals surface area contributed by atoms with Gasteiger partial charge < -0.3 is 9.84 Å². The number of aliphatic hydroxyl groups excluding tert-OH is 1. The fraction of sp³-hybridized carbons (Fsp3) is 0.222. The van der Waals surface area contributed by atoms with E-state index < -0.39 is 0 Å². The molecular formula is C18H19N3O2. The largest absolute Gasteiger partial charge is 0.487 e. The molecule has 0 bridgehead atoms. The van der Waals surface area contributed by atoms with Gasteiger partial charge in [0.2, 0.25) is 0 Å². The Morgan fingerprint density at radius 3 is 2.43 bits per heavy atom. The molecule has 0 spiro atoms. The summed E-state index contributed by atoms with van der Waals surface area (Å²) in [5.41, 5.74) is 3.44. The Bertz CT molecular complexity index is 752. The maximum atomic E-state index is 9.49. The summed E-state index contributed by atoms with van der Waals surface area (Å²) < 4.78 is 7.50. The van der Waals surface area contributed by atoms with Crippen LogP contribution in [-0.4, -0.2) is 20.1 Å². The van der Waals surface area contributed by atoms with Gasteiger partial charge in [0.05, 0.1) is 12.3 Å². The number of hydrogen-bond acceptors (Lipinski definition) is 4. The molecule has 0 saturated carbocycles. The third kappa shape index (κ3) is 3.40. The van der Waals surface area contributed by atoms with Crippen LogP contribution in [0.15, 0.2) is 54.6 Å². The number of rotatable bonds is 6. The number of benzene rings is 2. The average molecular weight is 309 g/mol. The van der Waals surface area contributed by atoms with E-state index in [9.17, 15) is 5.11 Å². The number of para-hydroxylation sites is 1. The van der Waals surface area contributed by atoms with Crippen molar-refractivity contribution in [3.05, 3.63) is 71.5 Å². The first-order valence-corrected chi connectivity index (χ1v) is 7.63. The normalized spacial score (nSPS) is 10.7. The minimum Gasteiger partial charge on any atom is -0.487 e. The van der Waals surface area contributed by atoms with E-state index in [-0.39, 0.29) is 6.61 Å². The highest BCUT2D eigenvalue weighted by Gasteiger charge is 2.14. The van der Waals surface area contributed by atoms with E-state index in [4.69, 9.17) is 4.74 Å². The molecule has 0 amide bonds. The van der Waals surface area contributed by atoms with Crippen LogP contribution >= 0.6 is 0 Å². The average Bonchev–Trinajstić information content (AvgIpc) is 3.04. The summed E-state index contributed by atoms with van der Waals surface area (Å²) in [4.78, 5) is 0. The smallest absolute Gasteiger partial charge is 0.132 e. The molecule has 3 rings (SSSR count). The monoisotopic (exact) mass is 309 g/mol. The molecule has 5 nitrogen and oxygen atoms in total. The molecule has 0 aliphatic heterocycles. The lowest BCUT2D eigenvalue weighted by Crippen LogP contribution is -2.08. The number of hydrogen-bond donors (Lipinski definition) is 1. The van der Waals surface area contributed by atoms with Gasteiger partial charge in [0.1, 0.15) is 23.7 Å². The Labute approximate surface area is 135 Å². The maximum absolute atomic E-state index is 9.49. The van der Waals surface area contributed by atoms with Crippen LogP contribution in [0.2, 0.25) is 0 Å².